The third kappa shape index (κ3) is 6.07. The minimum atomic E-state index is -0.524. The number of aromatic nitrogens is 3. The predicted molar refractivity (Wildman–Crippen MR) is 123 cm³/mol. The van der Waals surface area contributed by atoms with Crippen LogP contribution in [0.15, 0.2) is 52.1 Å². The predicted octanol–water partition coefficient (Wildman–Crippen LogP) is 3.87. The Morgan fingerprint density at radius 2 is 1.94 bits per heavy atom. The number of nitrogens with one attached hydrogen (secondary N) is 2. The van der Waals surface area contributed by atoms with Gasteiger partial charge in [0.2, 0.25) is 5.91 Å². The summed E-state index contributed by atoms with van der Waals surface area (Å²) in [4.78, 5) is 24.6. The molecule has 0 saturated carbocycles. The van der Waals surface area contributed by atoms with Crippen molar-refractivity contribution in [1.29, 1.82) is 0 Å². The highest BCUT2D eigenvalue weighted by Gasteiger charge is 2.15. The van der Waals surface area contributed by atoms with Crippen LogP contribution in [-0.4, -0.2) is 39.4 Å². The van der Waals surface area contributed by atoms with Crippen molar-refractivity contribution < 1.29 is 18.7 Å². The highest BCUT2D eigenvalue weighted by atomic mass is 79.9. The lowest BCUT2D eigenvalue weighted by Crippen LogP contribution is -2.24. The number of carbonyl (C=O) groups excluding carboxylic acids is 2. The van der Waals surface area contributed by atoms with Gasteiger partial charge in [0.1, 0.15) is 11.6 Å². The van der Waals surface area contributed by atoms with Gasteiger partial charge in [-0.05, 0) is 49.4 Å². The standard InChI is InChI=1S/C21H21BrFN5O3S/c1-3-28-18(11-24-20(30)13-4-7-15(31-2)8-5-13)26-27-21(28)32-12-19(29)25-17-9-6-14(22)10-16(17)23/h4-10H,3,11-12H2,1-2H3,(H,24,30)(H,25,29). The fourth-order valence-corrected chi connectivity index (χ4v) is 3.94. The van der Waals surface area contributed by atoms with Crippen molar-refractivity contribution in [2.45, 2.75) is 25.2 Å². The van der Waals surface area contributed by atoms with Crippen LogP contribution < -0.4 is 15.4 Å². The highest BCUT2D eigenvalue weighted by molar-refractivity contribution is 9.10. The average Bonchev–Trinajstić information content (AvgIpc) is 3.19. The Balaban J connectivity index is 1.56. The molecule has 0 saturated heterocycles. The molecule has 2 amide bonds. The Morgan fingerprint density at radius 3 is 2.59 bits per heavy atom. The fourth-order valence-electron chi connectivity index (χ4n) is 2.79. The van der Waals surface area contributed by atoms with E-state index in [1.165, 1.54) is 23.9 Å². The fraction of sp³-hybridized carbons (Fsp3) is 0.238. The van der Waals surface area contributed by atoms with E-state index in [4.69, 9.17) is 4.74 Å². The number of amides is 2. The molecule has 32 heavy (non-hydrogen) atoms. The first kappa shape index (κ1) is 23.7. The second-order valence-electron chi connectivity index (χ2n) is 6.52. The Labute approximate surface area is 197 Å². The molecule has 0 aliphatic rings. The van der Waals surface area contributed by atoms with Crippen molar-refractivity contribution in [3.8, 4) is 5.75 Å². The molecule has 0 fully saturated rings. The number of rotatable bonds is 9. The van der Waals surface area contributed by atoms with Crippen molar-refractivity contribution in [1.82, 2.24) is 20.1 Å². The van der Waals surface area contributed by atoms with Crippen LogP contribution in [0.25, 0.3) is 0 Å². The van der Waals surface area contributed by atoms with Crippen molar-refractivity contribution in [3.05, 3.63) is 64.1 Å². The maximum atomic E-state index is 13.9. The monoisotopic (exact) mass is 521 g/mol. The molecule has 1 heterocycles. The number of hydrogen-bond acceptors (Lipinski definition) is 6. The van der Waals surface area contributed by atoms with Crippen LogP contribution in [0.4, 0.5) is 10.1 Å². The molecule has 0 aliphatic heterocycles. The highest BCUT2D eigenvalue weighted by Crippen LogP contribution is 2.21. The summed E-state index contributed by atoms with van der Waals surface area (Å²) in [6.45, 7) is 2.66. The lowest BCUT2D eigenvalue weighted by Gasteiger charge is -2.09. The van der Waals surface area contributed by atoms with Crippen LogP contribution in [0.5, 0.6) is 5.75 Å². The zero-order valence-electron chi connectivity index (χ0n) is 17.4. The lowest BCUT2D eigenvalue weighted by molar-refractivity contribution is -0.113. The van der Waals surface area contributed by atoms with Gasteiger partial charge in [-0.15, -0.1) is 10.2 Å². The smallest absolute Gasteiger partial charge is 0.251 e. The van der Waals surface area contributed by atoms with Gasteiger partial charge in [-0.3, -0.25) is 9.59 Å². The van der Waals surface area contributed by atoms with Gasteiger partial charge in [0.15, 0.2) is 11.0 Å². The molecule has 0 aliphatic carbocycles. The SMILES string of the molecule is CCn1c(CNC(=O)c2ccc(OC)cc2)nnc1SCC(=O)Nc1ccc(Br)cc1F. The molecule has 0 atom stereocenters. The van der Waals surface area contributed by atoms with Crippen molar-refractivity contribution in [2.75, 3.05) is 18.2 Å². The van der Waals surface area contributed by atoms with E-state index in [9.17, 15) is 14.0 Å². The number of ether oxygens (including phenoxy) is 1. The van der Waals surface area contributed by atoms with Gasteiger partial charge in [0.25, 0.3) is 5.91 Å². The van der Waals surface area contributed by atoms with Crippen LogP contribution in [-0.2, 0) is 17.9 Å². The summed E-state index contributed by atoms with van der Waals surface area (Å²) in [5, 5.41) is 14.1. The molecule has 168 valence electrons. The van der Waals surface area contributed by atoms with Crippen molar-refractivity contribution in [2.24, 2.45) is 0 Å². The third-order valence-electron chi connectivity index (χ3n) is 4.41. The quantitative estimate of drug-likeness (QED) is 0.414. The molecule has 2 N–H and O–H groups in total. The number of benzene rings is 2. The maximum absolute atomic E-state index is 13.9. The Bertz CT molecular complexity index is 1110. The van der Waals surface area contributed by atoms with Gasteiger partial charge in [-0.1, -0.05) is 27.7 Å². The van der Waals surface area contributed by atoms with Crippen LogP contribution in [0.3, 0.4) is 0 Å². The number of methoxy groups -OCH3 is 1. The van der Waals surface area contributed by atoms with E-state index in [1.807, 2.05) is 11.5 Å². The minimum Gasteiger partial charge on any atom is -0.497 e. The van der Waals surface area contributed by atoms with Crippen molar-refractivity contribution >= 4 is 45.2 Å². The van der Waals surface area contributed by atoms with Gasteiger partial charge in [-0.25, -0.2) is 4.39 Å². The number of carbonyl (C=O) groups is 2. The Hall–Kier alpha value is -2.92. The summed E-state index contributed by atoms with van der Waals surface area (Å²) in [5.74, 6) is 0.132. The summed E-state index contributed by atoms with van der Waals surface area (Å²) < 4.78 is 21.4. The summed E-state index contributed by atoms with van der Waals surface area (Å²) >= 11 is 4.36. The second-order valence-corrected chi connectivity index (χ2v) is 8.37. The van der Waals surface area contributed by atoms with Crippen LogP contribution in [0.1, 0.15) is 23.1 Å². The van der Waals surface area contributed by atoms with Gasteiger partial charge in [0.05, 0.1) is 25.1 Å². The van der Waals surface area contributed by atoms with Crippen molar-refractivity contribution in [3.63, 3.8) is 0 Å². The summed E-state index contributed by atoms with van der Waals surface area (Å²) in [6.07, 6.45) is 0. The van der Waals surface area contributed by atoms with Gasteiger partial charge >= 0.3 is 0 Å². The number of halogens is 2. The minimum absolute atomic E-state index is 0.0336. The van der Waals surface area contributed by atoms with Crippen LogP contribution in [0, 0.1) is 5.82 Å². The Morgan fingerprint density at radius 1 is 1.19 bits per heavy atom. The van der Waals surface area contributed by atoms with Crippen LogP contribution in [0.2, 0.25) is 0 Å². The Kier molecular flexibility index (Phi) is 8.23. The maximum Gasteiger partial charge on any atom is 0.251 e. The number of hydrogen-bond donors (Lipinski definition) is 2. The first-order valence-corrected chi connectivity index (χ1v) is 11.4. The van der Waals surface area contributed by atoms with E-state index >= 15 is 0 Å². The largest absolute Gasteiger partial charge is 0.497 e. The van der Waals surface area contributed by atoms with E-state index in [1.54, 1.807) is 37.4 Å². The van der Waals surface area contributed by atoms with E-state index < -0.39 is 5.82 Å². The molecule has 3 rings (SSSR count). The first-order chi connectivity index (χ1) is 15.4. The summed E-state index contributed by atoms with van der Waals surface area (Å²) in [6, 6.07) is 11.2. The lowest BCUT2D eigenvalue weighted by atomic mass is 10.2. The molecular weight excluding hydrogens is 501 g/mol. The van der Waals surface area contributed by atoms with Gasteiger partial charge < -0.3 is 19.9 Å². The molecule has 1 aromatic heterocycles. The van der Waals surface area contributed by atoms with E-state index in [2.05, 4.69) is 36.8 Å². The zero-order chi connectivity index (χ0) is 23.1. The van der Waals surface area contributed by atoms with E-state index in [0.717, 1.165) is 0 Å². The van der Waals surface area contributed by atoms with Gasteiger partial charge in [-0.2, -0.15) is 0 Å². The molecule has 0 radical (unpaired) electrons. The number of anilines is 1. The number of thioether (sulfide) groups is 1. The molecule has 11 heteroatoms. The average molecular weight is 522 g/mol. The topological polar surface area (TPSA) is 98.1 Å². The summed E-state index contributed by atoms with van der Waals surface area (Å²) in [7, 11) is 1.56. The molecule has 8 nitrogen and oxygen atoms in total. The third-order valence-corrected chi connectivity index (χ3v) is 5.87. The molecule has 2 aromatic carbocycles. The van der Waals surface area contributed by atoms with Crippen LogP contribution >= 0.6 is 27.7 Å². The molecule has 0 unspecified atom stereocenters. The molecule has 3 aromatic rings. The van der Waals surface area contributed by atoms with E-state index in [0.29, 0.717) is 33.3 Å². The zero-order valence-corrected chi connectivity index (χ0v) is 19.8. The van der Waals surface area contributed by atoms with E-state index in [-0.39, 0.29) is 29.8 Å². The summed E-state index contributed by atoms with van der Waals surface area (Å²) in [5.41, 5.74) is 0.609. The second kappa shape index (κ2) is 11.1. The normalized spacial score (nSPS) is 10.6. The number of nitrogens with zero attached hydrogens (tertiary/aromatic N) is 3. The van der Waals surface area contributed by atoms with Gasteiger partial charge in [0, 0.05) is 16.6 Å². The molecule has 0 bridgehead atoms. The molecule has 0 spiro atoms. The molecular formula is C21H21BrFN5O3S. The first-order valence-electron chi connectivity index (χ1n) is 9.63.